The van der Waals surface area contributed by atoms with Gasteiger partial charge >= 0.3 is 0 Å². The number of benzene rings is 1. The van der Waals surface area contributed by atoms with Crippen molar-refractivity contribution in [1.82, 2.24) is 15.5 Å². The highest BCUT2D eigenvalue weighted by Crippen LogP contribution is 2.24. The van der Waals surface area contributed by atoms with Crippen molar-refractivity contribution in [2.45, 2.75) is 39.3 Å². The molecule has 1 aliphatic rings. The Balaban J connectivity index is 1.46. The zero-order chi connectivity index (χ0) is 20.1. The summed E-state index contributed by atoms with van der Waals surface area (Å²) < 4.78 is 13.8. The van der Waals surface area contributed by atoms with Crippen molar-refractivity contribution < 1.29 is 9.18 Å². The third-order valence-corrected chi connectivity index (χ3v) is 6.09. The van der Waals surface area contributed by atoms with E-state index < -0.39 is 0 Å². The number of aryl methyl sites for hydroxylation is 1. The minimum atomic E-state index is -0.213. The Bertz CT molecular complexity index is 864. The lowest BCUT2D eigenvalue weighted by Crippen LogP contribution is -2.41. The Morgan fingerprint density at radius 1 is 1.39 bits per heavy atom. The molecule has 0 aliphatic carbocycles. The zero-order valence-corrected chi connectivity index (χ0v) is 17.4. The van der Waals surface area contributed by atoms with Gasteiger partial charge < -0.3 is 15.5 Å². The molecular formula is C21H27FN4OS. The van der Waals surface area contributed by atoms with E-state index in [1.807, 2.05) is 17.9 Å². The van der Waals surface area contributed by atoms with E-state index in [0.717, 1.165) is 18.5 Å². The maximum Gasteiger partial charge on any atom is 0.224 e. The Kier molecular flexibility index (Phi) is 6.67. The predicted molar refractivity (Wildman–Crippen MR) is 112 cm³/mol. The summed E-state index contributed by atoms with van der Waals surface area (Å²) in [5, 5.41) is 8.52. The monoisotopic (exact) mass is 402 g/mol. The summed E-state index contributed by atoms with van der Waals surface area (Å²) in [5.41, 5.74) is 2.75. The van der Waals surface area contributed by atoms with Gasteiger partial charge in [-0.05, 0) is 54.5 Å². The molecule has 1 unspecified atom stereocenters. The SMILES string of the molecule is CN=C(NCCC(=O)N1CCc2sccc2C1)NC(C)c1ccc(C)c(F)c1. The minimum Gasteiger partial charge on any atom is -0.356 e. The first-order chi connectivity index (χ1) is 13.5. The molecule has 28 heavy (non-hydrogen) atoms. The van der Waals surface area contributed by atoms with E-state index in [9.17, 15) is 9.18 Å². The summed E-state index contributed by atoms with van der Waals surface area (Å²) in [5.74, 6) is 0.531. The standard InChI is InChI=1S/C21H27FN4OS/c1-14-4-5-16(12-18(14)22)15(2)25-21(23-3)24-9-6-20(27)26-10-7-19-17(13-26)8-11-28-19/h4-5,8,11-12,15H,6-7,9-10,13H2,1-3H3,(H2,23,24,25). The van der Waals surface area contributed by atoms with Gasteiger partial charge in [0.05, 0.1) is 6.04 Å². The Morgan fingerprint density at radius 3 is 2.96 bits per heavy atom. The minimum absolute atomic E-state index is 0.101. The summed E-state index contributed by atoms with van der Waals surface area (Å²) in [6.45, 7) is 5.70. The summed E-state index contributed by atoms with van der Waals surface area (Å²) in [4.78, 5) is 20.0. The molecule has 0 spiro atoms. The molecule has 1 amide bonds. The van der Waals surface area contributed by atoms with E-state index in [2.05, 4.69) is 27.1 Å². The molecule has 0 saturated heterocycles. The van der Waals surface area contributed by atoms with Gasteiger partial charge in [0, 0.05) is 38.0 Å². The molecule has 1 aromatic heterocycles. The topological polar surface area (TPSA) is 56.7 Å². The second kappa shape index (κ2) is 9.19. The van der Waals surface area contributed by atoms with Gasteiger partial charge in [-0.15, -0.1) is 11.3 Å². The van der Waals surface area contributed by atoms with Gasteiger partial charge in [0.1, 0.15) is 5.82 Å². The molecule has 1 aromatic carbocycles. The Hall–Kier alpha value is -2.41. The number of fused-ring (bicyclic) bond motifs is 1. The molecule has 3 rings (SSSR count). The van der Waals surface area contributed by atoms with Gasteiger partial charge in [0.15, 0.2) is 5.96 Å². The van der Waals surface area contributed by atoms with E-state index >= 15 is 0 Å². The van der Waals surface area contributed by atoms with Crippen LogP contribution in [0.25, 0.3) is 0 Å². The third kappa shape index (κ3) is 4.90. The average Bonchev–Trinajstić information content (AvgIpc) is 3.16. The number of carbonyl (C=O) groups is 1. The quantitative estimate of drug-likeness (QED) is 0.595. The second-order valence-electron chi connectivity index (χ2n) is 7.06. The first kappa shape index (κ1) is 20.3. The van der Waals surface area contributed by atoms with Crippen LogP contribution in [0.1, 0.15) is 41.0 Å². The highest BCUT2D eigenvalue weighted by atomic mass is 32.1. The maximum atomic E-state index is 13.8. The summed E-state index contributed by atoms with van der Waals surface area (Å²) in [7, 11) is 1.68. The molecule has 150 valence electrons. The van der Waals surface area contributed by atoms with Crippen molar-refractivity contribution in [3.63, 3.8) is 0 Å². The highest BCUT2D eigenvalue weighted by Gasteiger charge is 2.21. The number of rotatable bonds is 5. The van der Waals surface area contributed by atoms with E-state index in [0.29, 0.717) is 31.0 Å². The van der Waals surface area contributed by atoms with Crippen molar-refractivity contribution in [2.24, 2.45) is 4.99 Å². The Morgan fingerprint density at radius 2 is 2.21 bits per heavy atom. The molecule has 0 radical (unpaired) electrons. The van der Waals surface area contributed by atoms with Gasteiger partial charge in [-0.1, -0.05) is 12.1 Å². The van der Waals surface area contributed by atoms with E-state index in [-0.39, 0.29) is 17.8 Å². The van der Waals surface area contributed by atoms with Crippen LogP contribution in [0, 0.1) is 12.7 Å². The largest absolute Gasteiger partial charge is 0.356 e. The number of thiophene rings is 1. The molecule has 2 aromatic rings. The fourth-order valence-corrected chi connectivity index (χ4v) is 4.16. The molecule has 2 heterocycles. The van der Waals surface area contributed by atoms with Crippen LogP contribution in [0.5, 0.6) is 0 Å². The molecule has 7 heteroatoms. The van der Waals surface area contributed by atoms with Gasteiger partial charge in [0.25, 0.3) is 0 Å². The fourth-order valence-electron chi connectivity index (χ4n) is 3.27. The first-order valence-corrected chi connectivity index (χ1v) is 10.4. The molecule has 0 bridgehead atoms. The third-order valence-electron chi connectivity index (χ3n) is 5.06. The predicted octanol–water partition coefficient (Wildman–Crippen LogP) is 3.40. The normalized spacial score (nSPS) is 15.1. The number of hydrogen-bond acceptors (Lipinski definition) is 3. The lowest BCUT2D eigenvalue weighted by atomic mass is 10.1. The highest BCUT2D eigenvalue weighted by molar-refractivity contribution is 7.10. The number of halogens is 1. The number of nitrogens with zero attached hydrogens (tertiary/aromatic N) is 2. The number of nitrogens with one attached hydrogen (secondary N) is 2. The molecular weight excluding hydrogens is 375 g/mol. The molecule has 0 fully saturated rings. The molecule has 1 atom stereocenters. The van der Waals surface area contributed by atoms with E-state index in [1.165, 1.54) is 10.4 Å². The van der Waals surface area contributed by atoms with Crippen molar-refractivity contribution in [2.75, 3.05) is 20.1 Å². The number of amides is 1. The Labute approximate surface area is 169 Å². The first-order valence-electron chi connectivity index (χ1n) is 9.54. The zero-order valence-electron chi connectivity index (χ0n) is 16.6. The molecule has 5 nitrogen and oxygen atoms in total. The van der Waals surface area contributed by atoms with Gasteiger partial charge in [-0.2, -0.15) is 0 Å². The van der Waals surface area contributed by atoms with E-state index in [4.69, 9.17) is 0 Å². The van der Waals surface area contributed by atoms with Crippen molar-refractivity contribution in [3.05, 3.63) is 57.0 Å². The van der Waals surface area contributed by atoms with Crippen LogP contribution in [0.4, 0.5) is 4.39 Å². The molecule has 1 aliphatic heterocycles. The molecule has 2 N–H and O–H groups in total. The molecule has 0 saturated carbocycles. The van der Waals surface area contributed by atoms with Crippen LogP contribution in [-0.2, 0) is 17.8 Å². The van der Waals surface area contributed by atoms with Crippen LogP contribution < -0.4 is 10.6 Å². The van der Waals surface area contributed by atoms with Gasteiger partial charge in [0.2, 0.25) is 5.91 Å². The van der Waals surface area contributed by atoms with Crippen LogP contribution in [-0.4, -0.2) is 36.9 Å². The van der Waals surface area contributed by atoms with Crippen molar-refractivity contribution in [3.8, 4) is 0 Å². The van der Waals surface area contributed by atoms with Gasteiger partial charge in [-0.3, -0.25) is 9.79 Å². The smallest absolute Gasteiger partial charge is 0.224 e. The number of guanidine groups is 1. The average molecular weight is 403 g/mol. The second-order valence-corrected chi connectivity index (χ2v) is 8.06. The lowest BCUT2D eigenvalue weighted by Gasteiger charge is -2.27. The lowest BCUT2D eigenvalue weighted by molar-refractivity contribution is -0.131. The van der Waals surface area contributed by atoms with Crippen LogP contribution >= 0.6 is 11.3 Å². The van der Waals surface area contributed by atoms with Crippen LogP contribution in [0.15, 0.2) is 34.6 Å². The number of hydrogen-bond donors (Lipinski definition) is 2. The summed E-state index contributed by atoms with van der Waals surface area (Å²) in [6, 6.07) is 7.23. The number of carbonyl (C=O) groups excluding carboxylic acids is 1. The van der Waals surface area contributed by atoms with Crippen LogP contribution in [0.3, 0.4) is 0 Å². The fraction of sp³-hybridized carbons (Fsp3) is 0.429. The number of aliphatic imine (C=N–C) groups is 1. The summed E-state index contributed by atoms with van der Waals surface area (Å²) in [6.07, 6.45) is 1.35. The van der Waals surface area contributed by atoms with Crippen LogP contribution in [0.2, 0.25) is 0 Å². The summed E-state index contributed by atoms with van der Waals surface area (Å²) >= 11 is 1.77. The van der Waals surface area contributed by atoms with Crippen molar-refractivity contribution in [1.29, 1.82) is 0 Å². The maximum absolute atomic E-state index is 13.8. The van der Waals surface area contributed by atoms with Gasteiger partial charge in [-0.25, -0.2) is 4.39 Å². The van der Waals surface area contributed by atoms with Crippen molar-refractivity contribution >= 4 is 23.2 Å². The van der Waals surface area contributed by atoms with E-state index in [1.54, 1.807) is 37.4 Å².